The second-order valence-corrected chi connectivity index (χ2v) is 11.2. The van der Waals surface area contributed by atoms with Crippen LogP contribution in [0.1, 0.15) is 65.5 Å². The number of Topliss-reactive ketones (excluding diaryl/α,β-unsaturated/α-hetero) is 1. The predicted molar refractivity (Wildman–Crippen MR) is 151 cm³/mol. The third-order valence-electron chi connectivity index (χ3n) is 7.52. The first-order valence-electron chi connectivity index (χ1n) is 13.9. The van der Waals surface area contributed by atoms with Gasteiger partial charge in [-0.1, -0.05) is 18.2 Å². The number of hydrogen-bond donors (Lipinski definition) is 1. The van der Waals surface area contributed by atoms with Crippen LogP contribution < -0.4 is 5.32 Å². The van der Waals surface area contributed by atoms with E-state index in [-0.39, 0.29) is 30.1 Å². The molecule has 1 aliphatic rings. The lowest BCUT2D eigenvalue weighted by Crippen LogP contribution is -2.38. The molecule has 44 heavy (non-hydrogen) atoms. The molecule has 3 heterocycles. The van der Waals surface area contributed by atoms with Crippen LogP contribution in [0, 0.1) is 0 Å². The fourth-order valence-electron chi connectivity index (χ4n) is 5.25. The summed E-state index contributed by atoms with van der Waals surface area (Å²) in [5, 5.41) is 3.08. The van der Waals surface area contributed by atoms with Crippen LogP contribution in [0.2, 0.25) is 0 Å². The van der Waals surface area contributed by atoms with Crippen LogP contribution in [0.4, 0.5) is 26.3 Å². The van der Waals surface area contributed by atoms with Crippen molar-refractivity contribution < 1.29 is 40.7 Å². The summed E-state index contributed by atoms with van der Waals surface area (Å²) in [6.45, 7) is 2.92. The van der Waals surface area contributed by atoms with Gasteiger partial charge in [0, 0.05) is 47.9 Å². The van der Waals surface area contributed by atoms with Gasteiger partial charge in [-0.3, -0.25) is 14.6 Å². The highest BCUT2D eigenvalue weighted by Crippen LogP contribution is 2.37. The number of fused-ring (bicyclic) bond motifs is 1. The van der Waals surface area contributed by atoms with Crippen LogP contribution >= 0.6 is 0 Å². The van der Waals surface area contributed by atoms with Gasteiger partial charge in [0.1, 0.15) is 5.69 Å². The molecule has 1 fully saturated rings. The van der Waals surface area contributed by atoms with E-state index in [9.17, 15) is 35.9 Å². The first kappa shape index (κ1) is 31.2. The van der Waals surface area contributed by atoms with Crippen LogP contribution in [0.3, 0.4) is 0 Å². The van der Waals surface area contributed by atoms with Gasteiger partial charge in [-0.2, -0.15) is 13.2 Å². The molecule has 6 nitrogen and oxygen atoms in total. The molecule has 1 saturated heterocycles. The van der Waals surface area contributed by atoms with Crippen molar-refractivity contribution >= 4 is 22.6 Å². The van der Waals surface area contributed by atoms with E-state index >= 15 is 0 Å². The van der Waals surface area contributed by atoms with Gasteiger partial charge in [0.2, 0.25) is 0 Å². The van der Waals surface area contributed by atoms with Gasteiger partial charge in [0.15, 0.2) is 11.5 Å². The zero-order valence-electron chi connectivity index (χ0n) is 23.9. The summed E-state index contributed by atoms with van der Waals surface area (Å²) < 4.78 is 88.5. The molecule has 5 rings (SSSR count). The van der Waals surface area contributed by atoms with Gasteiger partial charge in [-0.05, 0) is 73.4 Å². The Morgan fingerprint density at radius 1 is 1.02 bits per heavy atom. The number of nitrogens with zero attached hydrogens (tertiary/aromatic N) is 2. The molecule has 1 atom stereocenters. The Kier molecular flexibility index (Phi) is 8.57. The topological polar surface area (TPSA) is 73.2 Å². The Hall–Kier alpha value is -4.19. The van der Waals surface area contributed by atoms with E-state index in [0.29, 0.717) is 36.5 Å². The molecule has 0 aliphatic carbocycles. The number of halogens is 6. The number of pyridine rings is 1. The Bertz CT molecular complexity index is 1680. The van der Waals surface area contributed by atoms with Gasteiger partial charge >= 0.3 is 6.18 Å². The Morgan fingerprint density at radius 3 is 2.36 bits per heavy atom. The molecular weight excluding hydrogens is 588 g/mol. The molecule has 0 unspecified atom stereocenters. The maximum absolute atomic E-state index is 13.9. The number of amides is 1. The molecule has 2 aromatic heterocycles. The van der Waals surface area contributed by atoms with E-state index in [1.54, 1.807) is 18.2 Å². The Morgan fingerprint density at radius 2 is 1.75 bits per heavy atom. The fraction of sp³-hybridized carbons (Fsp3) is 0.344. The average Bonchev–Trinajstić information content (AvgIpc) is 3.62. The third-order valence-corrected chi connectivity index (χ3v) is 7.52. The summed E-state index contributed by atoms with van der Waals surface area (Å²) in [4.78, 5) is 28.9. The molecule has 0 spiro atoms. The minimum Gasteiger partial charge on any atom is -0.379 e. The normalized spacial score (nSPS) is 15.7. The van der Waals surface area contributed by atoms with Crippen molar-refractivity contribution in [2.24, 2.45) is 0 Å². The van der Waals surface area contributed by atoms with E-state index < -0.39 is 41.2 Å². The molecular formula is C32H29F6N3O3. The van der Waals surface area contributed by atoms with Crippen molar-refractivity contribution in [1.82, 2.24) is 14.9 Å². The molecule has 0 saturated carbocycles. The zero-order chi connectivity index (χ0) is 31.8. The average molecular weight is 618 g/mol. The number of carbonyl (C=O) groups excluding carboxylic acids is 2. The first-order valence-corrected chi connectivity index (χ1v) is 13.9. The number of rotatable bonds is 9. The van der Waals surface area contributed by atoms with Crippen molar-refractivity contribution in [3.63, 3.8) is 0 Å². The lowest BCUT2D eigenvalue weighted by Gasteiger charge is -2.17. The van der Waals surface area contributed by atoms with Gasteiger partial charge in [0.25, 0.3) is 12.3 Å². The summed E-state index contributed by atoms with van der Waals surface area (Å²) in [5.74, 6) is -1.53. The maximum Gasteiger partial charge on any atom is 0.416 e. The van der Waals surface area contributed by atoms with E-state index in [0.717, 1.165) is 43.1 Å². The minimum atomic E-state index is -4.47. The summed E-state index contributed by atoms with van der Waals surface area (Å²) in [5.41, 5.74) is -1.09. The number of ketones is 1. The minimum absolute atomic E-state index is 0.0526. The van der Waals surface area contributed by atoms with Crippen molar-refractivity contribution in [2.75, 3.05) is 13.2 Å². The van der Waals surface area contributed by atoms with Crippen LogP contribution in [-0.2, 0) is 28.7 Å². The van der Waals surface area contributed by atoms with E-state index in [4.69, 9.17) is 4.74 Å². The van der Waals surface area contributed by atoms with Crippen LogP contribution in [0.5, 0.6) is 0 Å². The molecule has 0 radical (unpaired) electrons. The van der Waals surface area contributed by atoms with Crippen molar-refractivity contribution in [3.8, 4) is 11.3 Å². The summed E-state index contributed by atoms with van der Waals surface area (Å²) in [7, 11) is 0. The summed E-state index contributed by atoms with van der Waals surface area (Å²) in [6, 6.07) is 13.1. The predicted octanol–water partition coefficient (Wildman–Crippen LogP) is 7.41. The second kappa shape index (κ2) is 12.1. The molecule has 4 aromatic rings. The van der Waals surface area contributed by atoms with Gasteiger partial charge < -0.3 is 14.6 Å². The van der Waals surface area contributed by atoms with Crippen LogP contribution in [-0.4, -0.2) is 40.1 Å². The lowest BCUT2D eigenvalue weighted by atomic mass is 9.99. The third kappa shape index (κ3) is 6.64. The number of nitrogens with one attached hydrogen (secondary N) is 1. The van der Waals surface area contributed by atoms with Gasteiger partial charge in [0.05, 0.1) is 18.2 Å². The van der Waals surface area contributed by atoms with Crippen LogP contribution in [0.15, 0.2) is 60.8 Å². The standard InChI is InChI=1S/C32H29F6N3O3/c1-31(2,35)30(43)40-16-19-12-24(28(29(33)34)39-15-19)27(42)13-18-3-8-25-21(11-18)14-26(41(25)23-9-10-44-17-23)20-4-6-22(7-5-20)32(36,37)38/h3-8,11-12,14-15,23,29H,9-10,13,16-17H2,1-2H3,(H,40,43)/t23-/m0/s1. The molecule has 1 N–H and O–H groups in total. The Labute approximate surface area is 249 Å². The Balaban J connectivity index is 1.45. The SMILES string of the molecule is CC(C)(F)C(=O)NCc1cnc(C(F)F)c(C(=O)Cc2ccc3c(c2)cc(-c2ccc(C(F)(F)F)cc2)n3[C@H]2CCOC2)c1. The molecule has 0 bridgehead atoms. The van der Waals surface area contributed by atoms with Gasteiger partial charge in [-0.25, -0.2) is 13.2 Å². The van der Waals surface area contributed by atoms with Crippen molar-refractivity contribution in [2.45, 2.75) is 57.5 Å². The largest absolute Gasteiger partial charge is 0.416 e. The lowest BCUT2D eigenvalue weighted by molar-refractivity contribution is -0.137. The number of carbonyl (C=O) groups is 2. The zero-order valence-corrected chi connectivity index (χ0v) is 23.9. The fourth-order valence-corrected chi connectivity index (χ4v) is 5.25. The maximum atomic E-state index is 13.9. The molecule has 1 amide bonds. The molecule has 232 valence electrons. The highest BCUT2D eigenvalue weighted by Gasteiger charge is 2.31. The molecule has 2 aromatic carbocycles. The van der Waals surface area contributed by atoms with E-state index in [2.05, 4.69) is 10.3 Å². The molecule has 12 heteroatoms. The smallest absolute Gasteiger partial charge is 0.379 e. The highest BCUT2D eigenvalue weighted by atomic mass is 19.4. The quantitative estimate of drug-likeness (QED) is 0.157. The monoisotopic (exact) mass is 617 g/mol. The highest BCUT2D eigenvalue weighted by molar-refractivity contribution is 5.99. The summed E-state index contributed by atoms with van der Waals surface area (Å²) in [6.07, 6.45) is -5.92. The second-order valence-electron chi connectivity index (χ2n) is 11.2. The number of aromatic nitrogens is 2. The first-order chi connectivity index (χ1) is 20.7. The van der Waals surface area contributed by atoms with E-state index in [1.165, 1.54) is 18.2 Å². The number of ether oxygens (including phenoxy) is 1. The number of alkyl halides is 6. The van der Waals surface area contributed by atoms with Gasteiger partial charge in [-0.15, -0.1) is 0 Å². The number of benzene rings is 2. The van der Waals surface area contributed by atoms with E-state index in [1.807, 2.05) is 10.6 Å². The molecule has 1 aliphatic heterocycles. The van der Waals surface area contributed by atoms with Crippen molar-refractivity contribution in [3.05, 3.63) is 88.7 Å². The van der Waals surface area contributed by atoms with Crippen molar-refractivity contribution in [1.29, 1.82) is 0 Å². The van der Waals surface area contributed by atoms with Crippen LogP contribution in [0.25, 0.3) is 22.2 Å². The number of hydrogen-bond acceptors (Lipinski definition) is 4. The summed E-state index contributed by atoms with van der Waals surface area (Å²) >= 11 is 0.